The van der Waals surface area contributed by atoms with Crippen LogP contribution in [0.15, 0.2) is 0 Å². The molecule has 0 aromatic rings. The predicted octanol–water partition coefficient (Wildman–Crippen LogP) is 0.971. The van der Waals surface area contributed by atoms with Gasteiger partial charge in [-0.3, -0.25) is 0 Å². The van der Waals surface area contributed by atoms with Crippen molar-refractivity contribution in [2.75, 3.05) is 11.5 Å². The van der Waals surface area contributed by atoms with Gasteiger partial charge in [0.05, 0.1) is 11.8 Å². The van der Waals surface area contributed by atoms with Gasteiger partial charge in [-0.2, -0.15) is 5.26 Å². The SMILES string of the molecule is CCC(C)CS(=O)(=O)CC#N. The average molecular weight is 175 g/mol. The zero-order chi connectivity index (χ0) is 8.91. The Morgan fingerprint density at radius 2 is 2.09 bits per heavy atom. The molecule has 0 heterocycles. The first kappa shape index (κ1) is 10.4. The normalized spacial score (nSPS) is 13.9. The zero-order valence-corrected chi connectivity index (χ0v) is 7.69. The minimum Gasteiger partial charge on any atom is -0.228 e. The lowest BCUT2D eigenvalue weighted by molar-refractivity contribution is 0.567. The third kappa shape index (κ3) is 4.79. The molecule has 0 saturated carbocycles. The summed E-state index contributed by atoms with van der Waals surface area (Å²) in [7, 11) is -3.10. The second-order valence-electron chi connectivity index (χ2n) is 2.73. The zero-order valence-electron chi connectivity index (χ0n) is 6.87. The van der Waals surface area contributed by atoms with Gasteiger partial charge < -0.3 is 0 Å². The number of rotatable bonds is 4. The highest BCUT2D eigenvalue weighted by atomic mass is 32.2. The Hall–Kier alpha value is -0.560. The summed E-state index contributed by atoms with van der Waals surface area (Å²) in [6.45, 7) is 3.81. The van der Waals surface area contributed by atoms with Gasteiger partial charge in [0.15, 0.2) is 9.84 Å². The summed E-state index contributed by atoms with van der Waals surface area (Å²) >= 11 is 0. The van der Waals surface area contributed by atoms with E-state index in [0.717, 1.165) is 6.42 Å². The van der Waals surface area contributed by atoms with Crippen LogP contribution >= 0.6 is 0 Å². The van der Waals surface area contributed by atoms with Crippen LogP contribution in [0.5, 0.6) is 0 Å². The van der Waals surface area contributed by atoms with Crippen LogP contribution in [0, 0.1) is 17.2 Å². The second-order valence-corrected chi connectivity index (χ2v) is 4.84. The molecule has 0 aromatic heterocycles. The van der Waals surface area contributed by atoms with E-state index >= 15 is 0 Å². The van der Waals surface area contributed by atoms with Crippen LogP contribution in [-0.2, 0) is 9.84 Å². The Morgan fingerprint density at radius 1 is 1.55 bits per heavy atom. The molecule has 0 fully saturated rings. The maximum Gasteiger partial charge on any atom is 0.163 e. The van der Waals surface area contributed by atoms with Gasteiger partial charge in [0.25, 0.3) is 0 Å². The molecule has 4 heteroatoms. The van der Waals surface area contributed by atoms with Crippen molar-refractivity contribution in [3.05, 3.63) is 0 Å². The number of hydrogen-bond acceptors (Lipinski definition) is 3. The fourth-order valence-electron chi connectivity index (χ4n) is 0.709. The summed E-state index contributed by atoms with van der Waals surface area (Å²) in [6, 6.07) is 1.65. The van der Waals surface area contributed by atoms with Crippen molar-refractivity contribution in [2.24, 2.45) is 5.92 Å². The molecule has 0 amide bonds. The Morgan fingerprint density at radius 3 is 2.45 bits per heavy atom. The van der Waals surface area contributed by atoms with Crippen molar-refractivity contribution >= 4 is 9.84 Å². The molecular formula is C7H13NO2S. The van der Waals surface area contributed by atoms with Crippen LogP contribution in [0.3, 0.4) is 0 Å². The molecule has 1 atom stereocenters. The molecule has 0 aliphatic heterocycles. The van der Waals surface area contributed by atoms with Crippen molar-refractivity contribution < 1.29 is 8.42 Å². The van der Waals surface area contributed by atoms with Crippen LogP contribution in [0.25, 0.3) is 0 Å². The molecule has 0 bridgehead atoms. The molecule has 11 heavy (non-hydrogen) atoms. The van der Waals surface area contributed by atoms with Crippen molar-refractivity contribution in [1.29, 1.82) is 5.26 Å². The predicted molar refractivity (Wildman–Crippen MR) is 43.7 cm³/mol. The number of hydrogen-bond donors (Lipinski definition) is 0. The highest BCUT2D eigenvalue weighted by molar-refractivity contribution is 7.91. The summed E-state index contributed by atoms with van der Waals surface area (Å²) in [6.07, 6.45) is 0.838. The Bertz CT molecular complexity index is 238. The van der Waals surface area contributed by atoms with Gasteiger partial charge in [-0.25, -0.2) is 8.42 Å². The molecule has 64 valence electrons. The molecule has 0 aromatic carbocycles. The maximum absolute atomic E-state index is 11.0. The monoisotopic (exact) mass is 175 g/mol. The van der Waals surface area contributed by atoms with E-state index in [1.54, 1.807) is 6.07 Å². The molecule has 0 rings (SSSR count). The van der Waals surface area contributed by atoms with E-state index in [2.05, 4.69) is 0 Å². The molecule has 0 radical (unpaired) electrons. The molecule has 0 saturated heterocycles. The van der Waals surface area contributed by atoms with Crippen molar-refractivity contribution in [1.82, 2.24) is 0 Å². The first-order valence-corrected chi connectivity index (χ1v) is 5.41. The van der Waals surface area contributed by atoms with Gasteiger partial charge >= 0.3 is 0 Å². The van der Waals surface area contributed by atoms with Gasteiger partial charge in [0, 0.05) is 0 Å². The summed E-state index contributed by atoms with van der Waals surface area (Å²) in [5.41, 5.74) is 0. The topological polar surface area (TPSA) is 57.9 Å². The van der Waals surface area contributed by atoms with Gasteiger partial charge in [-0.05, 0) is 5.92 Å². The van der Waals surface area contributed by atoms with E-state index in [9.17, 15) is 8.42 Å². The number of nitriles is 1. The quantitative estimate of drug-likeness (QED) is 0.639. The van der Waals surface area contributed by atoms with Crippen LogP contribution in [-0.4, -0.2) is 19.9 Å². The van der Waals surface area contributed by atoms with Crippen molar-refractivity contribution in [2.45, 2.75) is 20.3 Å². The Kier molecular flexibility index (Phi) is 4.12. The van der Waals surface area contributed by atoms with Crippen LogP contribution < -0.4 is 0 Å². The van der Waals surface area contributed by atoms with Gasteiger partial charge in [0.2, 0.25) is 0 Å². The van der Waals surface area contributed by atoms with E-state index < -0.39 is 9.84 Å². The van der Waals surface area contributed by atoms with Crippen LogP contribution in [0.4, 0.5) is 0 Å². The third-order valence-corrected chi connectivity index (χ3v) is 3.17. The van der Waals surface area contributed by atoms with Crippen LogP contribution in [0.2, 0.25) is 0 Å². The molecular weight excluding hydrogens is 162 g/mol. The first-order chi connectivity index (χ1) is 5.02. The largest absolute Gasteiger partial charge is 0.228 e. The minimum atomic E-state index is -3.10. The van der Waals surface area contributed by atoms with E-state index in [1.807, 2.05) is 13.8 Å². The number of nitrogens with zero attached hydrogens (tertiary/aromatic N) is 1. The van der Waals surface area contributed by atoms with E-state index in [1.165, 1.54) is 0 Å². The highest BCUT2D eigenvalue weighted by Crippen LogP contribution is 2.05. The second kappa shape index (κ2) is 4.35. The summed E-state index contributed by atoms with van der Waals surface area (Å²) in [5, 5.41) is 8.16. The molecule has 0 spiro atoms. The first-order valence-electron chi connectivity index (χ1n) is 3.59. The van der Waals surface area contributed by atoms with Crippen molar-refractivity contribution in [3.8, 4) is 6.07 Å². The van der Waals surface area contributed by atoms with Crippen molar-refractivity contribution in [3.63, 3.8) is 0 Å². The lowest BCUT2D eigenvalue weighted by Crippen LogP contribution is -2.15. The van der Waals surface area contributed by atoms with Crippen LogP contribution in [0.1, 0.15) is 20.3 Å². The average Bonchev–Trinajstić information content (AvgIpc) is 1.86. The van der Waals surface area contributed by atoms with E-state index in [0.29, 0.717) is 0 Å². The lowest BCUT2D eigenvalue weighted by atomic mass is 10.2. The molecule has 0 aliphatic rings. The summed E-state index contributed by atoms with van der Waals surface area (Å²) in [5.74, 6) is -0.0534. The molecule has 3 nitrogen and oxygen atoms in total. The number of sulfone groups is 1. The summed E-state index contributed by atoms with van der Waals surface area (Å²) in [4.78, 5) is 0. The Labute approximate surface area is 67.9 Å². The fraction of sp³-hybridized carbons (Fsp3) is 0.857. The standard InChI is InChI=1S/C7H13NO2S/c1-3-7(2)6-11(9,10)5-4-8/h7H,3,5-6H2,1-2H3. The van der Waals surface area contributed by atoms with E-state index in [-0.39, 0.29) is 17.4 Å². The smallest absolute Gasteiger partial charge is 0.163 e. The molecule has 0 N–H and O–H groups in total. The van der Waals surface area contributed by atoms with Gasteiger partial charge in [-0.15, -0.1) is 0 Å². The van der Waals surface area contributed by atoms with Gasteiger partial charge in [0.1, 0.15) is 5.75 Å². The highest BCUT2D eigenvalue weighted by Gasteiger charge is 2.13. The summed E-state index contributed by atoms with van der Waals surface area (Å²) < 4.78 is 22.0. The molecule has 0 aliphatic carbocycles. The Balaban J connectivity index is 4.05. The molecule has 1 unspecified atom stereocenters. The minimum absolute atomic E-state index is 0.136. The third-order valence-electron chi connectivity index (χ3n) is 1.52. The fourth-order valence-corrected chi connectivity index (χ4v) is 2.13. The lowest BCUT2D eigenvalue weighted by Gasteiger charge is -2.05. The maximum atomic E-state index is 11.0. The van der Waals surface area contributed by atoms with Gasteiger partial charge in [-0.1, -0.05) is 20.3 Å². The van der Waals surface area contributed by atoms with E-state index in [4.69, 9.17) is 5.26 Å².